The van der Waals surface area contributed by atoms with E-state index in [2.05, 4.69) is 10.6 Å². The minimum Gasteiger partial charge on any atom is -0.444 e. The third kappa shape index (κ3) is 7.74. The van der Waals surface area contributed by atoms with E-state index in [0.717, 1.165) is 5.56 Å². The van der Waals surface area contributed by atoms with Gasteiger partial charge < -0.3 is 26.0 Å². The van der Waals surface area contributed by atoms with Crippen molar-refractivity contribution in [3.05, 3.63) is 35.4 Å². The number of amides is 4. The molecular weight excluding hydrogens is 436 g/mol. The molecule has 1 aliphatic rings. The molecule has 4 amide bonds. The van der Waals surface area contributed by atoms with E-state index in [1.54, 1.807) is 26.8 Å². The number of primary amides is 1. The number of nitrogens with two attached hydrogens (primary N) is 1. The first-order valence-corrected chi connectivity index (χ1v) is 11.7. The van der Waals surface area contributed by atoms with Crippen molar-refractivity contribution in [1.82, 2.24) is 15.5 Å². The molecule has 4 unspecified atom stereocenters. The summed E-state index contributed by atoms with van der Waals surface area (Å²) in [4.78, 5) is 53.0. The Bertz CT molecular complexity index is 924. The molecule has 4 N–H and O–H groups in total. The first-order valence-electron chi connectivity index (χ1n) is 11.7. The zero-order valence-electron chi connectivity index (χ0n) is 21.2. The summed E-state index contributed by atoms with van der Waals surface area (Å²) < 4.78 is 5.29. The average molecular weight is 475 g/mol. The molecule has 0 heterocycles. The number of aryl methyl sites for hydroxylation is 1. The van der Waals surface area contributed by atoms with Crippen molar-refractivity contribution in [2.45, 2.75) is 91.1 Å². The molecule has 0 saturated heterocycles. The highest BCUT2D eigenvalue weighted by Gasteiger charge is 2.48. The van der Waals surface area contributed by atoms with E-state index in [0.29, 0.717) is 12.0 Å². The molecule has 9 nitrogen and oxygen atoms in total. The molecule has 0 aliphatic heterocycles. The Morgan fingerprint density at radius 2 is 1.79 bits per heavy atom. The van der Waals surface area contributed by atoms with Gasteiger partial charge in [-0.05, 0) is 59.4 Å². The lowest BCUT2D eigenvalue weighted by atomic mass is 9.99. The van der Waals surface area contributed by atoms with Gasteiger partial charge in [-0.1, -0.05) is 36.8 Å². The minimum absolute atomic E-state index is 0.144. The molecule has 0 spiro atoms. The number of hydrogen-bond donors (Lipinski definition) is 3. The zero-order valence-corrected chi connectivity index (χ0v) is 21.2. The molecule has 1 aromatic rings. The highest BCUT2D eigenvalue weighted by atomic mass is 16.6. The number of hydrogen-bond acceptors (Lipinski definition) is 5. The van der Waals surface area contributed by atoms with E-state index in [1.807, 2.05) is 45.9 Å². The van der Waals surface area contributed by atoms with E-state index < -0.39 is 42.0 Å². The van der Waals surface area contributed by atoms with Crippen LogP contribution in [0.2, 0.25) is 0 Å². The summed E-state index contributed by atoms with van der Waals surface area (Å²) in [5.74, 6) is -1.47. The van der Waals surface area contributed by atoms with Crippen LogP contribution in [0.25, 0.3) is 0 Å². The number of alkyl carbamates (subject to hydrolysis) is 1. The topological polar surface area (TPSA) is 131 Å². The number of nitrogens with one attached hydrogen (secondary N) is 2. The van der Waals surface area contributed by atoms with Crippen molar-refractivity contribution in [3.8, 4) is 0 Å². The van der Waals surface area contributed by atoms with Gasteiger partial charge in [0.05, 0.1) is 6.42 Å². The molecule has 34 heavy (non-hydrogen) atoms. The van der Waals surface area contributed by atoms with Gasteiger partial charge in [0.15, 0.2) is 0 Å². The number of carbonyl (C=O) groups is 4. The largest absolute Gasteiger partial charge is 0.444 e. The van der Waals surface area contributed by atoms with E-state index in [9.17, 15) is 19.2 Å². The number of benzene rings is 1. The van der Waals surface area contributed by atoms with Crippen molar-refractivity contribution in [2.75, 3.05) is 0 Å². The number of carbonyl (C=O) groups excluding carboxylic acids is 4. The van der Waals surface area contributed by atoms with Gasteiger partial charge in [0.25, 0.3) is 0 Å². The fourth-order valence-electron chi connectivity index (χ4n) is 3.85. The Balaban J connectivity index is 2.49. The lowest BCUT2D eigenvalue weighted by Gasteiger charge is -2.35. The molecule has 1 fully saturated rings. The second kappa shape index (κ2) is 10.9. The summed E-state index contributed by atoms with van der Waals surface area (Å²) in [6.07, 6.45) is -0.546. The fourth-order valence-corrected chi connectivity index (χ4v) is 3.85. The van der Waals surface area contributed by atoms with Gasteiger partial charge in [-0.2, -0.15) is 0 Å². The molecule has 1 aromatic carbocycles. The van der Waals surface area contributed by atoms with Crippen LogP contribution < -0.4 is 16.4 Å². The SMILES string of the molecule is Cc1cccc(C(C(=O)NC(C)C)N(C(=O)C(CC(N)=O)NC(=O)OC(C)(C)C)C2CC2C)c1. The van der Waals surface area contributed by atoms with Gasteiger partial charge in [0, 0.05) is 12.1 Å². The Morgan fingerprint density at radius 3 is 2.26 bits per heavy atom. The Morgan fingerprint density at radius 1 is 1.18 bits per heavy atom. The van der Waals surface area contributed by atoms with E-state index in [-0.39, 0.29) is 23.9 Å². The van der Waals surface area contributed by atoms with Gasteiger partial charge in [0.1, 0.15) is 17.7 Å². The van der Waals surface area contributed by atoms with Crippen molar-refractivity contribution in [2.24, 2.45) is 11.7 Å². The standard InChI is InChI=1S/C25H38N4O5/c1-14(2)27-22(31)21(17-10-8-9-15(3)11-17)29(19-12-16(19)4)23(32)18(13-20(26)30)28-24(33)34-25(5,6)7/h8-11,14,16,18-19,21H,12-13H2,1-7H3,(H2,26,30)(H,27,31)(H,28,33). The molecular formula is C25H38N4O5. The summed E-state index contributed by atoms with van der Waals surface area (Å²) in [6.45, 7) is 12.7. The summed E-state index contributed by atoms with van der Waals surface area (Å²) in [5, 5.41) is 5.40. The van der Waals surface area contributed by atoms with Gasteiger partial charge in [-0.15, -0.1) is 0 Å². The number of ether oxygens (including phenoxy) is 1. The minimum atomic E-state index is -1.26. The molecule has 2 rings (SSSR count). The number of rotatable bonds is 9. The van der Waals surface area contributed by atoms with Crippen LogP contribution in [0.5, 0.6) is 0 Å². The highest BCUT2D eigenvalue weighted by molar-refractivity contribution is 5.95. The van der Waals surface area contributed by atoms with Crippen LogP contribution in [-0.2, 0) is 19.1 Å². The monoisotopic (exact) mass is 474 g/mol. The fraction of sp³-hybridized carbons (Fsp3) is 0.600. The molecule has 0 radical (unpaired) electrons. The highest BCUT2D eigenvalue weighted by Crippen LogP contribution is 2.41. The molecule has 188 valence electrons. The lowest BCUT2D eigenvalue weighted by molar-refractivity contribution is -0.144. The maximum Gasteiger partial charge on any atom is 0.408 e. The average Bonchev–Trinajstić information content (AvgIpc) is 3.38. The van der Waals surface area contributed by atoms with Crippen LogP contribution in [0, 0.1) is 12.8 Å². The van der Waals surface area contributed by atoms with Crippen molar-refractivity contribution >= 4 is 23.8 Å². The Kier molecular flexibility index (Phi) is 8.69. The van der Waals surface area contributed by atoms with Crippen LogP contribution >= 0.6 is 0 Å². The summed E-state index contributed by atoms with van der Waals surface area (Å²) >= 11 is 0. The predicted octanol–water partition coefficient (Wildman–Crippen LogP) is 2.57. The third-order valence-corrected chi connectivity index (χ3v) is 5.39. The van der Waals surface area contributed by atoms with Gasteiger partial charge in [-0.3, -0.25) is 14.4 Å². The lowest BCUT2D eigenvalue weighted by Crippen LogP contribution is -2.55. The van der Waals surface area contributed by atoms with Crippen LogP contribution in [-0.4, -0.2) is 52.4 Å². The number of nitrogens with zero attached hydrogens (tertiary/aromatic N) is 1. The second-order valence-corrected chi connectivity index (χ2v) is 10.4. The van der Waals surface area contributed by atoms with E-state index >= 15 is 0 Å². The molecule has 1 aliphatic carbocycles. The smallest absolute Gasteiger partial charge is 0.408 e. The van der Waals surface area contributed by atoms with E-state index in [4.69, 9.17) is 10.5 Å². The van der Waals surface area contributed by atoms with Crippen LogP contribution in [0.15, 0.2) is 24.3 Å². The Hall–Kier alpha value is -3.10. The third-order valence-electron chi connectivity index (χ3n) is 5.39. The molecule has 4 atom stereocenters. The maximum atomic E-state index is 13.9. The molecule has 9 heteroatoms. The summed E-state index contributed by atoms with van der Waals surface area (Å²) in [5.41, 5.74) is 6.20. The summed E-state index contributed by atoms with van der Waals surface area (Å²) in [6, 6.07) is 4.85. The van der Waals surface area contributed by atoms with Gasteiger partial charge >= 0.3 is 6.09 Å². The first-order chi connectivity index (χ1) is 15.7. The quantitative estimate of drug-likeness (QED) is 0.506. The molecule has 1 saturated carbocycles. The van der Waals surface area contributed by atoms with Gasteiger partial charge in [0.2, 0.25) is 17.7 Å². The van der Waals surface area contributed by atoms with Crippen LogP contribution in [0.1, 0.15) is 71.6 Å². The van der Waals surface area contributed by atoms with Gasteiger partial charge in [-0.25, -0.2) is 4.79 Å². The summed E-state index contributed by atoms with van der Waals surface area (Å²) in [7, 11) is 0. The van der Waals surface area contributed by atoms with E-state index in [1.165, 1.54) is 4.90 Å². The maximum absolute atomic E-state index is 13.9. The first kappa shape index (κ1) is 27.1. The normalized spacial score (nSPS) is 19.1. The van der Waals surface area contributed by atoms with Crippen LogP contribution in [0.4, 0.5) is 4.79 Å². The van der Waals surface area contributed by atoms with Crippen molar-refractivity contribution in [3.63, 3.8) is 0 Å². The van der Waals surface area contributed by atoms with Crippen molar-refractivity contribution in [1.29, 1.82) is 0 Å². The predicted molar refractivity (Wildman–Crippen MR) is 129 cm³/mol. The van der Waals surface area contributed by atoms with Crippen LogP contribution in [0.3, 0.4) is 0 Å². The second-order valence-electron chi connectivity index (χ2n) is 10.4. The zero-order chi connectivity index (χ0) is 25.8. The van der Waals surface area contributed by atoms with Crippen molar-refractivity contribution < 1.29 is 23.9 Å². The molecule has 0 aromatic heterocycles. The molecule has 0 bridgehead atoms. The Labute approximate surface area is 201 Å².